The van der Waals surface area contributed by atoms with Gasteiger partial charge >= 0.3 is 5.97 Å². The largest absolute Gasteiger partial charge is 0.477 e. The van der Waals surface area contributed by atoms with Crippen molar-refractivity contribution in [1.29, 1.82) is 0 Å². The first-order chi connectivity index (χ1) is 7.47. The van der Waals surface area contributed by atoms with Gasteiger partial charge in [-0.05, 0) is 18.6 Å². The Morgan fingerprint density at radius 2 is 2.19 bits per heavy atom. The molecule has 0 saturated heterocycles. The maximum atomic E-state index is 11.6. The summed E-state index contributed by atoms with van der Waals surface area (Å²) in [5.41, 5.74) is -0.186. The molecule has 1 rings (SSSR count). The van der Waals surface area contributed by atoms with Crippen molar-refractivity contribution in [2.24, 2.45) is 0 Å². The van der Waals surface area contributed by atoms with Crippen LogP contribution >= 0.6 is 0 Å². The Morgan fingerprint density at radius 1 is 1.50 bits per heavy atom. The van der Waals surface area contributed by atoms with Gasteiger partial charge in [-0.1, -0.05) is 6.92 Å². The molecule has 0 saturated carbocycles. The van der Waals surface area contributed by atoms with Crippen LogP contribution in [0.15, 0.2) is 23.2 Å². The second-order valence-electron chi connectivity index (χ2n) is 3.08. The first-order valence-electron chi connectivity index (χ1n) is 4.66. The number of nitrogens with one attached hydrogen (secondary N) is 1. The van der Waals surface area contributed by atoms with E-state index in [1.165, 1.54) is 6.07 Å². The molecule has 0 unspecified atom stereocenters. The molecule has 0 aromatic carbocycles. The van der Waals surface area contributed by atoms with Crippen molar-refractivity contribution in [1.82, 2.24) is 9.71 Å². The van der Waals surface area contributed by atoms with Crippen molar-refractivity contribution in [3.63, 3.8) is 0 Å². The highest BCUT2D eigenvalue weighted by Crippen LogP contribution is 2.07. The molecule has 0 aliphatic carbocycles. The molecule has 88 valence electrons. The fraction of sp³-hybridized carbons (Fsp3) is 0.333. The molecule has 0 bridgehead atoms. The minimum Gasteiger partial charge on any atom is -0.477 e. The number of aromatic carboxylic acids is 1. The fourth-order valence-electron chi connectivity index (χ4n) is 0.986. The van der Waals surface area contributed by atoms with Gasteiger partial charge in [0.15, 0.2) is 0 Å². The van der Waals surface area contributed by atoms with Crippen molar-refractivity contribution < 1.29 is 18.3 Å². The molecule has 2 N–H and O–H groups in total. The van der Waals surface area contributed by atoms with E-state index < -0.39 is 16.0 Å². The second-order valence-corrected chi connectivity index (χ2v) is 4.85. The molecular weight excluding hydrogens is 232 g/mol. The van der Waals surface area contributed by atoms with E-state index in [0.717, 1.165) is 12.3 Å². The van der Waals surface area contributed by atoms with Crippen LogP contribution in [0.3, 0.4) is 0 Å². The summed E-state index contributed by atoms with van der Waals surface area (Å²) in [5, 5.41) is 8.59. The van der Waals surface area contributed by atoms with Gasteiger partial charge in [0.2, 0.25) is 10.0 Å². The van der Waals surface area contributed by atoms with Crippen molar-refractivity contribution in [2.45, 2.75) is 18.2 Å². The number of aromatic nitrogens is 1. The smallest absolute Gasteiger partial charge is 0.354 e. The molecule has 6 nitrogen and oxygen atoms in total. The number of carbonyl (C=O) groups is 1. The van der Waals surface area contributed by atoms with E-state index in [1.54, 1.807) is 0 Å². The Balaban J connectivity index is 2.93. The Labute approximate surface area is 93.4 Å². The number of nitrogens with zero attached hydrogens (tertiary/aromatic N) is 1. The topological polar surface area (TPSA) is 96.4 Å². The van der Waals surface area contributed by atoms with Gasteiger partial charge in [-0.3, -0.25) is 0 Å². The third-order valence-corrected chi connectivity index (χ3v) is 3.25. The summed E-state index contributed by atoms with van der Waals surface area (Å²) in [4.78, 5) is 14.0. The molecular formula is C9H12N2O4S. The molecule has 0 atom stereocenters. The lowest BCUT2D eigenvalue weighted by atomic mass is 10.4. The molecule has 0 aliphatic rings. The van der Waals surface area contributed by atoms with E-state index in [2.05, 4.69) is 9.71 Å². The van der Waals surface area contributed by atoms with Crippen LogP contribution in [0.25, 0.3) is 0 Å². The average molecular weight is 244 g/mol. The predicted molar refractivity (Wildman–Crippen MR) is 56.7 cm³/mol. The zero-order valence-electron chi connectivity index (χ0n) is 8.67. The number of hydrogen-bond donors (Lipinski definition) is 2. The van der Waals surface area contributed by atoms with Crippen molar-refractivity contribution in [3.05, 3.63) is 24.0 Å². The summed E-state index contributed by atoms with van der Waals surface area (Å²) in [5.74, 6) is -1.19. The van der Waals surface area contributed by atoms with Crippen LogP contribution < -0.4 is 4.72 Å². The van der Waals surface area contributed by atoms with Gasteiger partial charge in [-0.2, -0.15) is 0 Å². The normalized spacial score (nSPS) is 11.3. The van der Waals surface area contributed by atoms with Crippen molar-refractivity contribution >= 4 is 16.0 Å². The maximum absolute atomic E-state index is 11.6. The van der Waals surface area contributed by atoms with E-state index in [9.17, 15) is 13.2 Å². The molecule has 0 aliphatic heterocycles. The lowest BCUT2D eigenvalue weighted by molar-refractivity contribution is 0.0690. The number of hydrogen-bond acceptors (Lipinski definition) is 4. The second kappa shape index (κ2) is 5.04. The molecule has 0 spiro atoms. The minimum atomic E-state index is -3.57. The summed E-state index contributed by atoms with van der Waals surface area (Å²) in [6.07, 6.45) is 1.71. The van der Waals surface area contributed by atoms with Gasteiger partial charge in [-0.15, -0.1) is 0 Å². The van der Waals surface area contributed by atoms with Gasteiger partial charge in [-0.25, -0.2) is 22.9 Å². The summed E-state index contributed by atoms with van der Waals surface area (Å²) in [7, 11) is -3.57. The van der Waals surface area contributed by atoms with E-state index >= 15 is 0 Å². The Bertz CT molecular complexity index is 467. The average Bonchev–Trinajstić information content (AvgIpc) is 2.26. The molecule has 7 heteroatoms. The quantitative estimate of drug-likeness (QED) is 0.784. The molecule has 16 heavy (non-hydrogen) atoms. The van der Waals surface area contributed by atoms with E-state index in [4.69, 9.17) is 5.11 Å². The van der Waals surface area contributed by atoms with Crippen LogP contribution in [0.5, 0.6) is 0 Å². The summed E-state index contributed by atoms with van der Waals surface area (Å²) < 4.78 is 25.5. The van der Waals surface area contributed by atoms with Crippen LogP contribution in [0, 0.1) is 0 Å². The monoisotopic (exact) mass is 244 g/mol. The van der Waals surface area contributed by atoms with Crippen LogP contribution in [-0.2, 0) is 10.0 Å². The summed E-state index contributed by atoms with van der Waals surface area (Å²) in [6, 6.07) is 2.37. The number of sulfonamides is 1. The van der Waals surface area contributed by atoms with Crippen LogP contribution in [-0.4, -0.2) is 31.0 Å². The molecule has 1 aromatic heterocycles. The lowest BCUT2D eigenvalue weighted by Gasteiger charge is -2.04. The Kier molecular flexibility index (Phi) is 3.97. The lowest BCUT2D eigenvalue weighted by Crippen LogP contribution is -2.24. The predicted octanol–water partition coefficient (Wildman–Crippen LogP) is 0.468. The Hall–Kier alpha value is -1.47. The molecule has 0 fully saturated rings. The first-order valence-corrected chi connectivity index (χ1v) is 6.14. The van der Waals surface area contributed by atoms with Crippen molar-refractivity contribution in [2.75, 3.05) is 6.54 Å². The molecule has 1 aromatic rings. The van der Waals surface area contributed by atoms with E-state index in [1.807, 2.05) is 6.92 Å². The van der Waals surface area contributed by atoms with Crippen LogP contribution in [0.4, 0.5) is 0 Å². The molecule has 1 heterocycles. The summed E-state index contributed by atoms with van der Waals surface area (Å²) >= 11 is 0. The van der Waals surface area contributed by atoms with E-state index in [-0.39, 0.29) is 10.6 Å². The van der Waals surface area contributed by atoms with E-state index in [0.29, 0.717) is 13.0 Å². The standard InChI is InChI=1S/C9H12N2O4S/c1-2-5-11-16(14,15)7-3-4-8(9(12)13)10-6-7/h3-4,6,11H,2,5H2,1H3,(H,12,13). The zero-order chi connectivity index (χ0) is 12.2. The van der Waals surface area contributed by atoms with Gasteiger partial charge in [0.25, 0.3) is 0 Å². The van der Waals surface area contributed by atoms with Crippen LogP contribution in [0.1, 0.15) is 23.8 Å². The van der Waals surface area contributed by atoms with Gasteiger partial charge in [0.05, 0.1) is 0 Å². The maximum Gasteiger partial charge on any atom is 0.354 e. The third kappa shape index (κ3) is 3.01. The van der Waals surface area contributed by atoms with Crippen molar-refractivity contribution in [3.8, 4) is 0 Å². The van der Waals surface area contributed by atoms with Gasteiger partial charge < -0.3 is 5.11 Å². The molecule has 0 amide bonds. The zero-order valence-corrected chi connectivity index (χ0v) is 9.49. The number of carboxylic acids is 1. The summed E-state index contributed by atoms with van der Waals surface area (Å²) in [6.45, 7) is 2.18. The fourth-order valence-corrected chi connectivity index (χ4v) is 2.06. The highest BCUT2D eigenvalue weighted by Gasteiger charge is 2.14. The molecule has 0 radical (unpaired) electrons. The third-order valence-electron chi connectivity index (χ3n) is 1.81. The highest BCUT2D eigenvalue weighted by molar-refractivity contribution is 7.89. The number of carboxylic acid groups (broad SMARTS) is 1. The highest BCUT2D eigenvalue weighted by atomic mass is 32.2. The van der Waals surface area contributed by atoms with Crippen LogP contribution in [0.2, 0.25) is 0 Å². The number of rotatable bonds is 5. The van der Waals surface area contributed by atoms with Gasteiger partial charge in [0, 0.05) is 12.7 Å². The Morgan fingerprint density at radius 3 is 2.62 bits per heavy atom. The van der Waals surface area contributed by atoms with Gasteiger partial charge in [0.1, 0.15) is 10.6 Å². The first kappa shape index (κ1) is 12.6. The minimum absolute atomic E-state index is 0.0362. The SMILES string of the molecule is CCCNS(=O)(=O)c1ccc(C(=O)O)nc1. The number of pyridine rings is 1.